The second-order valence-electron chi connectivity index (χ2n) is 6.23. The van der Waals surface area contributed by atoms with Crippen molar-refractivity contribution in [1.82, 2.24) is 14.9 Å². The number of anilines is 1. The summed E-state index contributed by atoms with van der Waals surface area (Å²) in [4.78, 5) is 22.7. The molecule has 1 aliphatic rings. The van der Waals surface area contributed by atoms with Crippen LogP contribution in [0.1, 0.15) is 15.9 Å². The predicted molar refractivity (Wildman–Crippen MR) is 102 cm³/mol. The van der Waals surface area contributed by atoms with E-state index >= 15 is 0 Å². The molecule has 1 amide bonds. The smallest absolute Gasteiger partial charge is 0.253 e. The molecule has 8 heteroatoms. The summed E-state index contributed by atoms with van der Waals surface area (Å²) < 4.78 is 0. The molecule has 8 nitrogen and oxygen atoms in total. The van der Waals surface area contributed by atoms with Gasteiger partial charge in [0.25, 0.3) is 5.91 Å². The van der Waals surface area contributed by atoms with E-state index in [9.17, 15) is 4.79 Å². The number of allylic oxidation sites excluding steroid dienone is 1. The largest absolute Gasteiger partial charge is 0.403 e. The number of aryl methyl sites for hydroxylation is 1. The van der Waals surface area contributed by atoms with Gasteiger partial charge in [0.15, 0.2) is 0 Å². The number of hydrogen-bond acceptors (Lipinski definition) is 7. The molecule has 1 fully saturated rings. The molecule has 4 N–H and O–H groups in total. The average molecular weight is 361 g/mol. The van der Waals surface area contributed by atoms with Crippen LogP contribution in [-0.2, 0) is 0 Å². The molecule has 0 saturated carbocycles. The number of benzene rings is 1. The Balaban J connectivity index is 1.80. The van der Waals surface area contributed by atoms with Crippen molar-refractivity contribution < 1.29 is 4.79 Å². The molecule has 0 unspecified atom stereocenters. The van der Waals surface area contributed by atoms with Gasteiger partial charge in [-0.3, -0.25) is 4.79 Å². The van der Waals surface area contributed by atoms with Gasteiger partial charge in [0.05, 0.1) is 23.4 Å². The van der Waals surface area contributed by atoms with Gasteiger partial charge >= 0.3 is 0 Å². The third-order valence-corrected chi connectivity index (χ3v) is 4.32. The molecule has 0 bridgehead atoms. The highest BCUT2D eigenvalue weighted by atomic mass is 16.2. The Morgan fingerprint density at radius 3 is 2.70 bits per heavy atom. The van der Waals surface area contributed by atoms with Crippen LogP contribution >= 0.6 is 0 Å². The fourth-order valence-electron chi connectivity index (χ4n) is 2.73. The summed E-state index contributed by atoms with van der Waals surface area (Å²) in [6.45, 7) is 2.87. The number of likely N-dealkylation sites (tertiary alicyclic amines) is 1. The Hall–Kier alpha value is -3.73. The van der Waals surface area contributed by atoms with Crippen LogP contribution in [0.15, 0.2) is 42.4 Å². The molecule has 136 valence electrons. The summed E-state index contributed by atoms with van der Waals surface area (Å²) >= 11 is 0. The van der Waals surface area contributed by atoms with E-state index in [0.717, 1.165) is 23.0 Å². The Morgan fingerprint density at radius 1 is 1.41 bits per heavy atom. The van der Waals surface area contributed by atoms with Crippen LogP contribution in [0.3, 0.4) is 0 Å². The maximum atomic E-state index is 12.4. The van der Waals surface area contributed by atoms with Gasteiger partial charge in [-0.2, -0.15) is 5.26 Å². The summed E-state index contributed by atoms with van der Waals surface area (Å²) in [7, 11) is 0. The number of nitrogens with two attached hydrogens (primary N) is 1. The first-order chi connectivity index (χ1) is 13.0. The van der Waals surface area contributed by atoms with Crippen LogP contribution in [0, 0.1) is 29.6 Å². The van der Waals surface area contributed by atoms with E-state index in [1.54, 1.807) is 23.2 Å². The molecule has 2 heterocycles. The minimum Gasteiger partial charge on any atom is -0.403 e. The van der Waals surface area contributed by atoms with Crippen molar-refractivity contribution in [3.05, 3.63) is 53.5 Å². The molecule has 1 aliphatic heterocycles. The van der Waals surface area contributed by atoms with Crippen molar-refractivity contribution in [2.45, 2.75) is 6.92 Å². The highest BCUT2D eigenvalue weighted by Crippen LogP contribution is 2.24. The van der Waals surface area contributed by atoms with Crippen LogP contribution in [0.2, 0.25) is 0 Å². The number of nitrogens with one attached hydrogen (secondary N) is 2. The van der Waals surface area contributed by atoms with Crippen molar-refractivity contribution >= 4 is 18.1 Å². The molecule has 2 aromatic rings. The molecule has 0 aliphatic carbocycles. The van der Waals surface area contributed by atoms with E-state index in [1.165, 1.54) is 6.20 Å². The third kappa shape index (κ3) is 3.77. The normalized spacial score (nSPS) is 14.2. The molecule has 3 rings (SSSR count). The third-order valence-electron chi connectivity index (χ3n) is 4.32. The fraction of sp³-hybridized carbons (Fsp3) is 0.211. The summed E-state index contributed by atoms with van der Waals surface area (Å²) in [5.41, 5.74) is 8.85. The molecule has 1 saturated heterocycles. The van der Waals surface area contributed by atoms with E-state index in [-0.39, 0.29) is 11.8 Å². The zero-order chi connectivity index (χ0) is 19.4. The number of carbonyl (C=O) groups is 1. The summed E-state index contributed by atoms with van der Waals surface area (Å²) in [5.74, 6) is 0.203. The van der Waals surface area contributed by atoms with Crippen molar-refractivity contribution in [3.8, 4) is 17.3 Å². The minimum atomic E-state index is -0.0708. The summed E-state index contributed by atoms with van der Waals surface area (Å²) in [6.07, 6.45) is 4.03. The van der Waals surface area contributed by atoms with Crippen LogP contribution < -0.4 is 11.1 Å². The number of hydrogen-bond donors (Lipinski definition) is 3. The van der Waals surface area contributed by atoms with Gasteiger partial charge in [0.2, 0.25) is 5.95 Å². The first kappa shape index (κ1) is 18.1. The van der Waals surface area contributed by atoms with Gasteiger partial charge in [-0.25, -0.2) is 9.97 Å². The van der Waals surface area contributed by atoms with Gasteiger partial charge < -0.3 is 21.4 Å². The lowest BCUT2D eigenvalue weighted by atomic mass is 10.00. The standard InChI is InChI=1S/C19H19N7O/c1-12-9-23-19(24-16(7-21)8-22)25-17(12)14-2-4-15(5-3-14)18(27)26-10-13(6-20)11-26/h2-5,7-9,13,21H,10-11,22H2,1H3,(H,23,24,25)/b16-8+,21-7?. The lowest BCUT2D eigenvalue weighted by molar-refractivity contribution is 0.0577. The van der Waals surface area contributed by atoms with Gasteiger partial charge in [-0.05, 0) is 24.6 Å². The maximum absolute atomic E-state index is 12.4. The highest BCUT2D eigenvalue weighted by molar-refractivity contribution is 5.95. The zero-order valence-electron chi connectivity index (χ0n) is 14.8. The molecular weight excluding hydrogens is 342 g/mol. The predicted octanol–water partition coefficient (Wildman–Crippen LogP) is 1.91. The highest BCUT2D eigenvalue weighted by Gasteiger charge is 2.30. The maximum Gasteiger partial charge on any atom is 0.253 e. The summed E-state index contributed by atoms with van der Waals surface area (Å²) in [5, 5.41) is 19.0. The number of nitrogens with zero attached hydrogens (tertiary/aromatic N) is 4. The lowest BCUT2D eigenvalue weighted by Gasteiger charge is -2.35. The first-order valence-corrected chi connectivity index (χ1v) is 8.38. The molecule has 1 aromatic carbocycles. The molecule has 1 aromatic heterocycles. The van der Waals surface area contributed by atoms with E-state index in [0.29, 0.717) is 30.3 Å². The second-order valence-corrected chi connectivity index (χ2v) is 6.23. The van der Waals surface area contributed by atoms with Crippen molar-refractivity contribution in [2.75, 3.05) is 18.4 Å². The number of aromatic nitrogens is 2. The number of amides is 1. The van der Waals surface area contributed by atoms with Gasteiger partial charge in [0, 0.05) is 42.8 Å². The van der Waals surface area contributed by atoms with E-state index in [1.807, 2.05) is 19.1 Å². The molecule has 27 heavy (non-hydrogen) atoms. The van der Waals surface area contributed by atoms with Crippen LogP contribution in [0.4, 0.5) is 5.95 Å². The summed E-state index contributed by atoms with van der Waals surface area (Å²) in [6, 6.07) is 9.35. The number of rotatable bonds is 5. The number of nitriles is 1. The zero-order valence-corrected chi connectivity index (χ0v) is 14.8. The Bertz CT molecular complexity index is 938. The van der Waals surface area contributed by atoms with Gasteiger partial charge in [0.1, 0.15) is 0 Å². The van der Waals surface area contributed by atoms with Crippen LogP contribution in [0.5, 0.6) is 0 Å². The number of carbonyl (C=O) groups excluding carboxylic acids is 1. The molecule has 0 atom stereocenters. The molecular formula is C19H19N7O. The lowest BCUT2D eigenvalue weighted by Crippen LogP contribution is -2.49. The van der Waals surface area contributed by atoms with Crippen molar-refractivity contribution in [1.29, 1.82) is 10.7 Å². The average Bonchev–Trinajstić information content (AvgIpc) is 2.66. The first-order valence-electron chi connectivity index (χ1n) is 8.38. The van der Waals surface area contributed by atoms with E-state index < -0.39 is 0 Å². The second kappa shape index (κ2) is 7.66. The van der Waals surface area contributed by atoms with Gasteiger partial charge in [-0.15, -0.1) is 0 Å². The van der Waals surface area contributed by atoms with Crippen LogP contribution in [-0.4, -0.2) is 40.1 Å². The Kier molecular flexibility index (Phi) is 5.13. The van der Waals surface area contributed by atoms with Crippen LogP contribution in [0.25, 0.3) is 11.3 Å². The fourth-order valence-corrected chi connectivity index (χ4v) is 2.73. The van der Waals surface area contributed by atoms with E-state index in [4.69, 9.17) is 16.4 Å². The minimum absolute atomic E-state index is 0.0590. The molecule has 0 radical (unpaired) electrons. The topological polar surface area (TPSA) is 132 Å². The van der Waals surface area contributed by atoms with Gasteiger partial charge in [-0.1, -0.05) is 12.1 Å². The SMILES string of the molecule is Cc1cnc(N/C(C=N)=C/N)nc1-c1ccc(C(=O)N2CC(C#N)C2)cc1. The van der Waals surface area contributed by atoms with Crippen molar-refractivity contribution in [3.63, 3.8) is 0 Å². The Morgan fingerprint density at radius 2 is 2.11 bits per heavy atom. The van der Waals surface area contributed by atoms with E-state index in [2.05, 4.69) is 21.4 Å². The quantitative estimate of drug-likeness (QED) is 0.697. The molecule has 0 spiro atoms. The van der Waals surface area contributed by atoms with Crippen molar-refractivity contribution in [2.24, 2.45) is 11.7 Å². The Labute approximate surface area is 156 Å². The monoisotopic (exact) mass is 361 g/mol.